The standard InChI is InChI=1S/C24H29ClN4O.ClH/c1-24(2,3)28-18-10-12-29(13-11-18)22-15-23(26-17-6-4-16(25)5-7-17)27-21-9-8-19(30)14-20(21)22;/h4-9,14-15,18,28,30H,10-13H2,1-3H3,(H,26,27);1H. The molecule has 4 rings (SSSR count). The summed E-state index contributed by atoms with van der Waals surface area (Å²) < 4.78 is 0. The maximum absolute atomic E-state index is 10.1. The number of aromatic nitrogens is 1. The maximum atomic E-state index is 10.1. The number of halogens is 2. The molecule has 2 heterocycles. The van der Waals surface area contributed by atoms with E-state index >= 15 is 0 Å². The van der Waals surface area contributed by atoms with Crippen LogP contribution in [0.3, 0.4) is 0 Å². The van der Waals surface area contributed by atoms with Crippen molar-refractivity contribution in [1.29, 1.82) is 0 Å². The van der Waals surface area contributed by atoms with Crippen molar-refractivity contribution in [3.05, 3.63) is 53.6 Å². The van der Waals surface area contributed by atoms with Crippen molar-refractivity contribution < 1.29 is 5.11 Å². The summed E-state index contributed by atoms with van der Waals surface area (Å²) >= 11 is 6.01. The molecule has 1 saturated heterocycles. The third kappa shape index (κ3) is 5.94. The zero-order valence-corrected chi connectivity index (χ0v) is 19.7. The lowest BCUT2D eigenvalue weighted by atomic mass is 9.99. The maximum Gasteiger partial charge on any atom is 0.133 e. The topological polar surface area (TPSA) is 60.4 Å². The predicted molar refractivity (Wildman–Crippen MR) is 134 cm³/mol. The predicted octanol–water partition coefficient (Wildman–Crippen LogP) is 6.12. The summed E-state index contributed by atoms with van der Waals surface area (Å²) in [6.07, 6.45) is 2.17. The lowest BCUT2D eigenvalue weighted by Gasteiger charge is -2.37. The van der Waals surface area contributed by atoms with E-state index in [4.69, 9.17) is 16.6 Å². The molecule has 3 aromatic rings. The Morgan fingerprint density at radius 3 is 2.35 bits per heavy atom. The second-order valence-electron chi connectivity index (χ2n) is 9.02. The lowest BCUT2D eigenvalue weighted by Crippen LogP contribution is -2.49. The Labute approximate surface area is 195 Å². The number of phenolic OH excluding ortho intramolecular Hbond substituents is 1. The Bertz CT molecular complexity index is 1030. The van der Waals surface area contributed by atoms with Gasteiger partial charge in [0.25, 0.3) is 0 Å². The SMILES string of the molecule is CC(C)(C)NC1CCN(c2cc(Nc3ccc(Cl)cc3)nc3ccc(O)cc23)CC1.Cl. The van der Waals surface area contributed by atoms with Gasteiger partial charge in [-0.15, -0.1) is 12.4 Å². The van der Waals surface area contributed by atoms with E-state index in [9.17, 15) is 5.11 Å². The minimum atomic E-state index is 0. The largest absolute Gasteiger partial charge is 0.508 e. The lowest BCUT2D eigenvalue weighted by molar-refractivity contribution is 0.317. The first-order valence-corrected chi connectivity index (χ1v) is 10.8. The first-order valence-electron chi connectivity index (χ1n) is 10.5. The van der Waals surface area contributed by atoms with Crippen LogP contribution in [0.25, 0.3) is 10.9 Å². The van der Waals surface area contributed by atoms with Crippen LogP contribution in [0, 0.1) is 0 Å². The average Bonchev–Trinajstić information content (AvgIpc) is 2.69. The molecule has 0 amide bonds. The Morgan fingerprint density at radius 1 is 1.03 bits per heavy atom. The van der Waals surface area contributed by atoms with Crippen molar-refractivity contribution in [2.24, 2.45) is 0 Å². The quantitative estimate of drug-likeness (QED) is 0.437. The van der Waals surface area contributed by atoms with Crippen molar-refractivity contribution in [2.75, 3.05) is 23.3 Å². The van der Waals surface area contributed by atoms with E-state index < -0.39 is 0 Å². The molecule has 166 valence electrons. The number of pyridine rings is 1. The van der Waals surface area contributed by atoms with Crippen LogP contribution in [0.4, 0.5) is 17.2 Å². The molecule has 0 bridgehead atoms. The van der Waals surface area contributed by atoms with E-state index in [2.05, 4.69) is 42.4 Å². The van der Waals surface area contributed by atoms with Crippen LogP contribution >= 0.6 is 24.0 Å². The van der Waals surface area contributed by atoms with E-state index in [1.54, 1.807) is 6.07 Å². The Kier molecular flexibility index (Phi) is 7.20. The fourth-order valence-corrected chi connectivity index (χ4v) is 4.21. The summed E-state index contributed by atoms with van der Waals surface area (Å²) in [7, 11) is 0. The fraction of sp³-hybridized carbons (Fsp3) is 0.375. The highest BCUT2D eigenvalue weighted by Gasteiger charge is 2.24. The number of piperidine rings is 1. The van der Waals surface area contributed by atoms with Crippen LogP contribution in [0.15, 0.2) is 48.5 Å². The molecule has 5 nitrogen and oxygen atoms in total. The van der Waals surface area contributed by atoms with Crippen LogP contribution in [0.1, 0.15) is 33.6 Å². The molecule has 2 aromatic carbocycles. The molecule has 31 heavy (non-hydrogen) atoms. The van der Waals surface area contributed by atoms with E-state index in [0.29, 0.717) is 11.1 Å². The van der Waals surface area contributed by atoms with Crippen LogP contribution in [-0.4, -0.2) is 34.8 Å². The monoisotopic (exact) mass is 460 g/mol. The second-order valence-corrected chi connectivity index (χ2v) is 9.45. The van der Waals surface area contributed by atoms with Gasteiger partial charge in [-0.1, -0.05) is 11.6 Å². The van der Waals surface area contributed by atoms with Gasteiger partial charge in [0.1, 0.15) is 11.6 Å². The van der Waals surface area contributed by atoms with Gasteiger partial charge in [-0.05, 0) is 76.1 Å². The second kappa shape index (κ2) is 9.51. The highest BCUT2D eigenvalue weighted by Crippen LogP contribution is 2.34. The van der Waals surface area contributed by atoms with Crippen LogP contribution in [0.5, 0.6) is 5.75 Å². The van der Waals surface area contributed by atoms with Gasteiger partial charge >= 0.3 is 0 Å². The summed E-state index contributed by atoms with van der Waals surface area (Å²) in [4.78, 5) is 7.16. The van der Waals surface area contributed by atoms with Crippen molar-refractivity contribution in [3.8, 4) is 5.75 Å². The highest BCUT2D eigenvalue weighted by molar-refractivity contribution is 6.30. The Morgan fingerprint density at radius 2 is 1.71 bits per heavy atom. The summed E-state index contributed by atoms with van der Waals surface area (Å²) in [6, 6.07) is 15.6. The molecule has 0 spiro atoms. The van der Waals surface area contributed by atoms with Crippen LogP contribution in [0.2, 0.25) is 5.02 Å². The summed E-state index contributed by atoms with van der Waals surface area (Å²) in [5.41, 5.74) is 3.01. The number of anilines is 3. The minimum Gasteiger partial charge on any atom is -0.508 e. The van der Waals surface area contributed by atoms with Gasteiger partial charge in [-0.2, -0.15) is 0 Å². The normalized spacial score (nSPS) is 15.0. The van der Waals surface area contributed by atoms with Gasteiger partial charge in [0.2, 0.25) is 0 Å². The Hall–Kier alpha value is -2.21. The van der Waals surface area contributed by atoms with E-state index in [0.717, 1.165) is 54.0 Å². The summed E-state index contributed by atoms with van der Waals surface area (Å²) in [5, 5.41) is 18.9. The van der Waals surface area contributed by atoms with Gasteiger partial charge in [0.05, 0.1) is 5.52 Å². The van der Waals surface area contributed by atoms with Gasteiger partial charge in [0, 0.05) is 52.5 Å². The number of benzene rings is 2. The van der Waals surface area contributed by atoms with Crippen molar-refractivity contribution in [1.82, 2.24) is 10.3 Å². The van der Waals surface area contributed by atoms with Crippen molar-refractivity contribution in [2.45, 2.75) is 45.2 Å². The zero-order chi connectivity index (χ0) is 21.3. The molecule has 0 unspecified atom stereocenters. The summed E-state index contributed by atoms with van der Waals surface area (Å²) in [5.74, 6) is 1.04. The number of rotatable bonds is 4. The summed E-state index contributed by atoms with van der Waals surface area (Å²) in [6.45, 7) is 8.57. The number of fused-ring (bicyclic) bond motifs is 1. The molecule has 1 aliphatic rings. The molecule has 0 aliphatic carbocycles. The fourth-order valence-electron chi connectivity index (χ4n) is 4.08. The smallest absolute Gasteiger partial charge is 0.133 e. The molecular formula is C24H30Cl2N4O. The molecular weight excluding hydrogens is 431 g/mol. The molecule has 7 heteroatoms. The highest BCUT2D eigenvalue weighted by atomic mass is 35.5. The van der Waals surface area contributed by atoms with E-state index in [-0.39, 0.29) is 23.7 Å². The molecule has 0 atom stereocenters. The zero-order valence-electron chi connectivity index (χ0n) is 18.2. The van der Waals surface area contributed by atoms with Gasteiger partial charge in [0.15, 0.2) is 0 Å². The van der Waals surface area contributed by atoms with Crippen molar-refractivity contribution >= 4 is 52.1 Å². The molecule has 0 saturated carbocycles. The molecule has 3 N–H and O–H groups in total. The molecule has 1 aliphatic heterocycles. The van der Waals surface area contributed by atoms with Crippen molar-refractivity contribution in [3.63, 3.8) is 0 Å². The number of aromatic hydroxyl groups is 1. The third-order valence-corrected chi connectivity index (χ3v) is 5.61. The van der Waals surface area contributed by atoms with Crippen LogP contribution in [-0.2, 0) is 0 Å². The number of phenols is 1. The molecule has 1 fully saturated rings. The number of hydrogen-bond acceptors (Lipinski definition) is 5. The Balaban J connectivity index is 0.00000272. The van der Waals surface area contributed by atoms with Gasteiger partial charge in [-0.25, -0.2) is 4.98 Å². The minimum absolute atomic E-state index is 0. The number of hydrogen-bond donors (Lipinski definition) is 3. The van der Waals surface area contributed by atoms with Crippen LogP contribution < -0.4 is 15.5 Å². The first-order chi connectivity index (χ1) is 14.3. The molecule has 1 aromatic heterocycles. The molecule has 0 radical (unpaired) electrons. The number of nitrogens with one attached hydrogen (secondary N) is 2. The number of nitrogens with zero attached hydrogens (tertiary/aromatic N) is 2. The van der Waals surface area contributed by atoms with Gasteiger partial charge in [-0.3, -0.25) is 0 Å². The van der Waals surface area contributed by atoms with E-state index in [1.807, 2.05) is 36.4 Å². The van der Waals surface area contributed by atoms with Gasteiger partial charge < -0.3 is 20.6 Å². The first kappa shape index (κ1) is 23.5. The van der Waals surface area contributed by atoms with E-state index in [1.165, 1.54) is 0 Å². The average molecular weight is 461 g/mol. The third-order valence-electron chi connectivity index (χ3n) is 5.36.